The first-order valence-electron chi connectivity index (χ1n) is 4.16. The lowest BCUT2D eigenvalue weighted by molar-refractivity contribution is 0.176. The quantitative estimate of drug-likeness (QED) is 0.625. The highest BCUT2D eigenvalue weighted by molar-refractivity contribution is 5.40. The lowest BCUT2D eigenvalue weighted by atomic mass is 10.0. The Morgan fingerprint density at radius 3 is 2.92 bits per heavy atom. The second kappa shape index (κ2) is 2.56. The molecule has 0 heterocycles. The summed E-state index contributed by atoms with van der Waals surface area (Å²) in [7, 11) is 0. The van der Waals surface area contributed by atoms with Crippen LogP contribution in [-0.4, -0.2) is 5.11 Å². The molecule has 1 nitrogen and oxygen atoms in total. The Balaban J connectivity index is 2.64. The van der Waals surface area contributed by atoms with Crippen LogP contribution in [-0.2, 0) is 6.42 Å². The highest BCUT2D eigenvalue weighted by Gasteiger charge is 2.24. The van der Waals surface area contributed by atoms with Crippen molar-refractivity contribution in [1.29, 1.82) is 0 Å². The standard InChI is InChI=1S/C10H11FO/c1-6-2-4-8(11)10-7(6)3-5-9(10)12/h2,4,9,12H,3,5H2,1H3/t9-/m0/s1. The topological polar surface area (TPSA) is 20.2 Å². The molecule has 2 heteroatoms. The van der Waals surface area contributed by atoms with Crippen molar-refractivity contribution >= 4 is 0 Å². The lowest BCUT2D eigenvalue weighted by Gasteiger charge is -2.06. The van der Waals surface area contributed by atoms with Gasteiger partial charge in [0.15, 0.2) is 0 Å². The molecule has 0 unspecified atom stereocenters. The molecule has 64 valence electrons. The Labute approximate surface area is 70.8 Å². The zero-order valence-electron chi connectivity index (χ0n) is 6.97. The van der Waals surface area contributed by atoms with E-state index in [1.165, 1.54) is 6.07 Å². The van der Waals surface area contributed by atoms with Gasteiger partial charge in [-0.05, 0) is 37.0 Å². The summed E-state index contributed by atoms with van der Waals surface area (Å²) in [6.07, 6.45) is 0.886. The molecule has 0 fully saturated rings. The summed E-state index contributed by atoms with van der Waals surface area (Å²) in [5.41, 5.74) is 2.61. The Hall–Kier alpha value is -0.890. The second-order valence-electron chi connectivity index (χ2n) is 3.31. The summed E-state index contributed by atoms with van der Waals surface area (Å²) in [5, 5.41) is 9.45. The number of hydrogen-bond donors (Lipinski definition) is 1. The minimum atomic E-state index is -0.583. The van der Waals surface area contributed by atoms with Gasteiger partial charge in [0.25, 0.3) is 0 Å². The number of rotatable bonds is 0. The molecule has 0 saturated carbocycles. The van der Waals surface area contributed by atoms with E-state index in [1.54, 1.807) is 6.07 Å². The number of halogens is 1. The highest BCUT2D eigenvalue weighted by Crippen LogP contribution is 2.34. The van der Waals surface area contributed by atoms with Gasteiger partial charge in [-0.15, -0.1) is 0 Å². The van der Waals surface area contributed by atoms with Gasteiger partial charge in [0.2, 0.25) is 0 Å². The van der Waals surface area contributed by atoms with Crippen molar-refractivity contribution in [2.45, 2.75) is 25.9 Å². The maximum atomic E-state index is 13.2. The smallest absolute Gasteiger partial charge is 0.129 e. The first-order valence-corrected chi connectivity index (χ1v) is 4.16. The summed E-state index contributed by atoms with van der Waals surface area (Å²) < 4.78 is 13.2. The minimum absolute atomic E-state index is 0.263. The molecule has 1 aromatic rings. The molecule has 0 spiro atoms. The van der Waals surface area contributed by atoms with Crippen molar-refractivity contribution in [2.75, 3.05) is 0 Å². The molecule has 0 saturated heterocycles. The van der Waals surface area contributed by atoms with E-state index in [1.807, 2.05) is 6.92 Å². The number of aliphatic hydroxyl groups is 1. The van der Waals surface area contributed by atoms with Crippen LogP contribution < -0.4 is 0 Å². The van der Waals surface area contributed by atoms with E-state index in [2.05, 4.69) is 0 Å². The number of hydrogen-bond acceptors (Lipinski definition) is 1. The first-order chi connectivity index (χ1) is 5.70. The largest absolute Gasteiger partial charge is 0.388 e. The van der Waals surface area contributed by atoms with E-state index < -0.39 is 6.10 Å². The molecule has 1 atom stereocenters. The van der Waals surface area contributed by atoms with E-state index in [4.69, 9.17) is 0 Å². The van der Waals surface area contributed by atoms with Crippen molar-refractivity contribution in [2.24, 2.45) is 0 Å². The lowest BCUT2D eigenvalue weighted by Crippen LogP contribution is -1.96. The molecule has 1 aliphatic carbocycles. The molecule has 0 radical (unpaired) electrons. The predicted octanol–water partition coefficient (Wildman–Crippen LogP) is 2.11. The monoisotopic (exact) mass is 166 g/mol. The predicted molar refractivity (Wildman–Crippen MR) is 44.4 cm³/mol. The van der Waals surface area contributed by atoms with E-state index in [0.717, 1.165) is 17.5 Å². The molecular formula is C10H11FO. The van der Waals surface area contributed by atoms with Gasteiger partial charge in [-0.25, -0.2) is 4.39 Å². The van der Waals surface area contributed by atoms with Crippen LogP contribution in [0.15, 0.2) is 12.1 Å². The summed E-state index contributed by atoms with van der Waals surface area (Å²) in [4.78, 5) is 0. The summed E-state index contributed by atoms with van der Waals surface area (Å²) in [6.45, 7) is 1.95. The molecule has 2 rings (SSSR count). The van der Waals surface area contributed by atoms with Crippen LogP contribution in [0.25, 0.3) is 0 Å². The molecule has 0 amide bonds. The third-order valence-electron chi connectivity index (χ3n) is 2.54. The maximum absolute atomic E-state index is 13.2. The van der Waals surface area contributed by atoms with Gasteiger partial charge in [0.1, 0.15) is 5.82 Å². The molecule has 12 heavy (non-hydrogen) atoms. The molecule has 1 aromatic carbocycles. The van der Waals surface area contributed by atoms with Gasteiger partial charge in [-0.3, -0.25) is 0 Å². The zero-order valence-corrected chi connectivity index (χ0v) is 6.97. The van der Waals surface area contributed by atoms with Crippen LogP contribution in [0.4, 0.5) is 4.39 Å². The fourth-order valence-corrected chi connectivity index (χ4v) is 1.86. The Bertz CT molecular complexity index is 320. The molecule has 0 aliphatic heterocycles. The van der Waals surface area contributed by atoms with Gasteiger partial charge >= 0.3 is 0 Å². The Morgan fingerprint density at radius 2 is 2.25 bits per heavy atom. The highest BCUT2D eigenvalue weighted by atomic mass is 19.1. The van der Waals surface area contributed by atoms with Crippen molar-refractivity contribution in [1.82, 2.24) is 0 Å². The van der Waals surface area contributed by atoms with Crippen LogP contribution in [0.3, 0.4) is 0 Å². The molecular weight excluding hydrogens is 155 g/mol. The second-order valence-corrected chi connectivity index (χ2v) is 3.31. The van der Waals surface area contributed by atoms with Crippen LogP contribution in [0.5, 0.6) is 0 Å². The number of benzene rings is 1. The zero-order chi connectivity index (χ0) is 8.72. The molecule has 0 aromatic heterocycles. The van der Waals surface area contributed by atoms with Gasteiger partial charge in [0, 0.05) is 5.56 Å². The van der Waals surface area contributed by atoms with Crippen molar-refractivity contribution in [3.8, 4) is 0 Å². The molecule has 1 N–H and O–H groups in total. The molecule has 1 aliphatic rings. The number of aryl methyl sites for hydroxylation is 1. The normalized spacial score (nSPS) is 21.1. The minimum Gasteiger partial charge on any atom is -0.388 e. The molecule has 0 bridgehead atoms. The fraction of sp³-hybridized carbons (Fsp3) is 0.400. The van der Waals surface area contributed by atoms with Gasteiger partial charge in [-0.2, -0.15) is 0 Å². The van der Waals surface area contributed by atoms with Crippen LogP contribution in [0.2, 0.25) is 0 Å². The van der Waals surface area contributed by atoms with Gasteiger partial charge in [0.05, 0.1) is 6.10 Å². The third-order valence-corrected chi connectivity index (χ3v) is 2.54. The first kappa shape index (κ1) is 7.74. The number of fused-ring (bicyclic) bond motifs is 1. The average Bonchev–Trinajstić information content (AvgIpc) is 2.42. The Kier molecular flexibility index (Phi) is 1.65. The van der Waals surface area contributed by atoms with Crippen molar-refractivity contribution in [3.63, 3.8) is 0 Å². The summed E-state index contributed by atoms with van der Waals surface area (Å²) in [5.74, 6) is -0.263. The van der Waals surface area contributed by atoms with Gasteiger partial charge in [-0.1, -0.05) is 6.07 Å². The SMILES string of the molecule is Cc1ccc(F)c2c1CC[C@@H]2O. The third kappa shape index (κ3) is 0.950. The van der Waals surface area contributed by atoms with Gasteiger partial charge < -0.3 is 5.11 Å². The summed E-state index contributed by atoms with van der Waals surface area (Å²) >= 11 is 0. The summed E-state index contributed by atoms with van der Waals surface area (Å²) in [6, 6.07) is 3.20. The van der Waals surface area contributed by atoms with E-state index in [9.17, 15) is 9.50 Å². The average molecular weight is 166 g/mol. The maximum Gasteiger partial charge on any atom is 0.129 e. The van der Waals surface area contributed by atoms with Crippen molar-refractivity contribution < 1.29 is 9.50 Å². The van der Waals surface area contributed by atoms with E-state index in [0.29, 0.717) is 12.0 Å². The van der Waals surface area contributed by atoms with Crippen LogP contribution in [0.1, 0.15) is 29.2 Å². The van der Waals surface area contributed by atoms with E-state index in [-0.39, 0.29) is 5.82 Å². The van der Waals surface area contributed by atoms with E-state index >= 15 is 0 Å². The van der Waals surface area contributed by atoms with Crippen molar-refractivity contribution in [3.05, 3.63) is 34.6 Å². The van der Waals surface area contributed by atoms with Crippen LogP contribution >= 0.6 is 0 Å². The van der Waals surface area contributed by atoms with Crippen LogP contribution in [0, 0.1) is 12.7 Å². The Morgan fingerprint density at radius 1 is 1.50 bits per heavy atom. The number of aliphatic hydroxyl groups excluding tert-OH is 1. The fourth-order valence-electron chi connectivity index (χ4n) is 1.86.